The first-order valence-electron chi connectivity index (χ1n) is 4.85. The van der Waals surface area contributed by atoms with Crippen LogP contribution in [-0.2, 0) is 9.53 Å². The molecule has 0 fully saturated rings. The van der Waals surface area contributed by atoms with Crippen LogP contribution >= 0.6 is 0 Å². The van der Waals surface area contributed by atoms with E-state index in [1.54, 1.807) is 13.0 Å². The van der Waals surface area contributed by atoms with Gasteiger partial charge in [0.25, 0.3) is 0 Å². The summed E-state index contributed by atoms with van der Waals surface area (Å²) < 4.78 is 17.5. The Morgan fingerprint density at radius 1 is 1.31 bits per heavy atom. The van der Waals surface area contributed by atoms with Crippen LogP contribution < -0.4 is 0 Å². The van der Waals surface area contributed by atoms with Crippen LogP contribution in [-0.4, -0.2) is 18.9 Å². The first-order valence-corrected chi connectivity index (χ1v) is 4.85. The van der Waals surface area contributed by atoms with Gasteiger partial charge in [0, 0.05) is 5.56 Å². The van der Waals surface area contributed by atoms with Crippen LogP contribution in [0.25, 0.3) is 0 Å². The second-order valence-electron chi connectivity index (χ2n) is 3.63. The quantitative estimate of drug-likeness (QED) is 0.448. The Morgan fingerprint density at radius 3 is 2.44 bits per heavy atom. The number of carbonyl (C=O) groups is 2. The summed E-state index contributed by atoms with van der Waals surface area (Å²) in [6.07, 6.45) is 0. The number of esters is 1. The van der Waals surface area contributed by atoms with Gasteiger partial charge in [-0.05, 0) is 37.6 Å². The summed E-state index contributed by atoms with van der Waals surface area (Å²) in [5.41, 5.74) is 0.829. The molecule has 0 aliphatic heterocycles. The highest BCUT2D eigenvalue weighted by molar-refractivity contribution is 6.08. The molecule has 4 heteroatoms. The molecule has 0 bridgehead atoms. The molecule has 0 spiro atoms. The Kier molecular flexibility index (Phi) is 3.77. The van der Waals surface area contributed by atoms with Gasteiger partial charge in [0.15, 0.2) is 5.78 Å². The second-order valence-corrected chi connectivity index (χ2v) is 3.63. The van der Waals surface area contributed by atoms with Crippen molar-refractivity contribution in [2.45, 2.75) is 13.8 Å². The minimum Gasteiger partial charge on any atom is -0.468 e. The molecule has 16 heavy (non-hydrogen) atoms. The number of methoxy groups -OCH3 is 1. The van der Waals surface area contributed by atoms with E-state index < -0.39 is 23.5 Å². The summed E-state index contributed by atoms with van der Waals surface area (Å²) in [7, 11) is 1.21. The first-order chi connectivity index (χ1) is 7.45. The van der Waals surface area contributed by atoms with Crippen LogP contribution in [0.15, 0.2) is 18.2 Å². The maximum Gasteiger partial charge on any atom is 0.316 e. The summed E-state index contributed by atoms with van der Waals surface area (Å²) in [5.74, 6) is -2.45. The van der Waals surface area contributed by atoms with Crippen molar-refractivity contribution >= 4 is 11.8 Å². The van der Waals surface area contributed by atoms with Gasteiger partial charge in [-0.2, -0.15) is 0 Å². The molecule has 1 aromatic carbocycles. The van der Waals surface area contributed by atoms with Gasteiger partial charge in [-0.3, -0.25) is 9.59 Å². The van der Waals surface area contributed by atoms with Crippen molar-refractivity contribution in [3.8, 4) is 0 Å². The van der Waals surface area contributed by atoms with E-state index in [1.165, 1.54) is 20.1 Å². The molecule has 0 saturated carbocycles. The Morgan fingerprint density at radius 2 is 1.94 bits per heavy atom. The zero-order valence-electron chi connectivity index (χ0n) is 9.41. The van der Waals surface area contributed by atoms with Crippen LogP contribution in [0.2, 0.25) is 0 Å². The van der Waals surface area contributed by atoms with Gasteiger partial charge in [0.2, 0.25) is 0 Å². The van der Waals surface area contributed by atoms with E-state index >= 15 is 0 Å². The maximum atomic E-state index is 13.1. The lowest BCUT2D eigenvalue weighted by molar-refractivity contribution is -0.143. The van der Waals surface area contributed by atoms with Gasteiger partial charge >= 0.3 is 5.97 Å². The largest absolute Gasteiger partial charge is 0.468 e. The number of halogens is 1. The molecule has 0 saturated heterocycles. The van der Waals surface area contributed by atoms with E-state index in [1.807, 2.05) is 0 Å². The standard InChI is InChI=1S/C12H13FO3/c1-7-4-9(6-10(13)5-7)11(14)8(2)12(15)16-3/h4-6,8H,1-3H3. The molecule has 1 rings (SSSR count). The molecule has 0 aliphatic rings. The fourth-order valence-corrected chi connectivity index (χ4v) is 1.41. The number of ketones is 1. The number of carbonyl (C=O) groups excluding carboxylic acids is 2. The van der Waals surface area contributed by atoms with Gasteiger partial charge in [0.05, 0.1) is 7.11 Å². The summed E-state index contributed by atoms with van der Waals surface area (Å²) in [4.78, 5) is 22.9. The van der Waals surface area contributed by atoms with Gasteiger partial charge < -0.3 is 4.74 Å². The zero-order valence-corrected chi connectivity index (χ0v) is 9.41. The lowest BCUT2D eigenvalue weighted by Gasteiger charge is -2.08. The SMILES string of the molecule is COC(=O)C(C)C(=O)c1cc(C)cc(F)c1. The van der Waals surface area contributed by atoms with Gasteiger partial charge in [-0.1, -0.05) is 0 Å². The molecule has 1 atom stereocenters. The summed E-state index contributed by atoms with van der Waals surface area (Å²) in [5, 5.41) is 0. The molecule has 1 unspecified atom stereocenters. The fraction of sp³-hybridized carbons (Fsp3) is 0.333. The summed E-state index contributed by atoms with van der Waals surface area (Å²) >= 11 is 0. The third-order valence-electron chi connectivity index (χ3n) is 2.27. The molecule has 1 aromatic rings. The topological polar surface area (TPSA) is 43.4 Å². The predicted molar refractivity (Wildman–Crippen MR) is 56.6 cm³/mol. The van der Waals surface area contributed by atoms with Crippen LogP contribution in [0.1, 0.15) is 22.8 Å². The minimum atomic E-state index is -0.911. The second kappa shape index (κ2) is 4.88. The molecule has 0 aromatic heterocycles. The third-order valence-corrected chi connectivity index (χ3v) is 2.27. The first kappa shape index (κ1) is 12.4. The molecule has 3 nitrogen and oxygen atoms in total. The van der Waals surface area contributed by atoms with E-state index in [2.05, 4.69) is 4.74 Å². The molecular formula is C12H13FO3. The normalized spacial score (nSPS) is 12.0. The lowest BCUT2D eigenvalue weighted by atomic mass is 9.98. The highest BCUT2D eigenvalue weighted by atomic mass is 19.1. The van der Waals surface area contributed by atoms with Crippen molar-refractivity contribution in [2.24, 2.45) is 5.92 Å². The number of benzene rings is 1. The fourth-order valence-electron chi connectivity index (χ4n) is 1.41. The van der Waals surface area contributed by atoms with E-state index in [9.17, 15) is 14.0 Å². The van der Waals surface area contributed by atoms with Crippen molar-refractivity contribution in [2.75, 3.05) is 7.11 Å². The number of hydrogen-bond donors (Lipinski definition) is 0. The Labute approximate surface area is 93.2 Å². The highest BCUT2D eigenvalue weighted by Gasteiger charge is 2.23. The molecule has 86 valence electrons. The number of ether oxygens (including phenoxy) is 1. The van der Waals surface area contributed by atoms with Crippen LogP contribution in [0.3, 0.4) is 0 Å². The molecular weight excluding hydrogens is 211 g/mol. The molecule has 0 radical (unpaired) electrons. The summed E-state index contributed by atoms with van der Waals surface area (Å²) in [6, 6.07) is 3.99. The Balaban J connectivity index is 3.00. The van der Waals surface area contributed by atoms with E-state index in [4.69, 9.17) is 0 Å². The Bertz CT molecular complexity index is 406. The number of aryl methyl sites for hydroxylation is 1. The smallest absolute Gasteiger partial charge is 0.316 e. The van der Waals surface area contributed by atoms with E-state index in [0.717, 1.165) is 6.07 Å². The molecule has 0 amide bonds. The zero-order chi connectivity index (χ0) is 12.3. The van der Waals surface area contributed by atoms with Gasteiger partial charge in [0.1, 0.15) is 11.7 Å². The van der Waals surface area contributed by atoms with Crippen molar-refractivity contribution in [3.05, 3.63) is 35.1 Å². The van der Waals surface area contributed by atoms with E-state index in [-0.39, 0.29) is 5.56 Å². The van der Waals surface area contributed by atoms with Gasteiger partial charge in [-0.15, -0.1) is 0 Å². The number of rotatable bonds is 3. The van der Waals surface area contributed by atoms with Crippen LogP contribution in [0.4, 0.5) is 4.39 Å². The molecule has 0 aliphatic carbocycles. The highest BCUT2D eigenvalue weighted by Crippen LogP contribution is 2.14. The average molecular weight is 224 g/mol. The van der Waals surface area contributed by atoms with Crippen molar-refractivity contribution in [1.82, 2.24) is 0 Å². The van der Waals surface area contributed by atoms with E-state index in [0.29, 0.717) is 5.56 Å². The average Bonchev–Trinajstić information content (AvgIpc) is 2.24. The van der Waals surface area contributed by atoms with Crippen molar-refractivity contribution in [3.63, 3.8) is 0 Å². The number of hydrogen-bond acceptors (Lipinski definition) is 3. The molecule has 0 N–H and O–H groups in total. The summed E-state index contributed by atoms with van der Waals surface area (Å²) in [6.45, 7) is 3.12. The lowest BCUT2D eigenvalue weighted by Crippen LogP contribution is -2.22. The van der Waals surface area contributed by atoms with Crippen LogP contribution in [0.5, 0.6) is 0 Å². The van der Waals surface area contributed by atoms with Crippen LogP contribution in [0, 0.1) is 18.7 Å². The van der Waals surface area contributed by atoms with Crippen molar-refractivity contribution in [1.29, 1.82) is 0 Å². The predicted octanol–water partition coefficient (Wildman–Crippen LogP) is 2.13. The Hall–Kier alpha value is -1.71. The monoisotopic (exact) mass is 224 g/mol. The van der Waals surface area contributed by atoms with Gasteiger partial charge in [-0.25, -0.2) is 4.39 Å². The third kappa shape index (κ3) is 2.66. The minimum absolute atomic E-state index is 0.190. The molecule has 0 heterocycles. The maximum absolute atomic E-state index is 13.1. The number of Topliss-reactive ketones (excluding diaryl/α,β-unsaturated/α-hetero) is 1. The van der Waals surface area contributed by atoms with Crippen molar-refractivity contribution < 1.29 is 18.7 Å².